The van der Waals surface area contributed by atoms with Crippen molar-refractivity contribution < 1.29 is 0 Å². The molecule has 0 amide bonds. The second-order valence-electron chi connectivity index (χ2n) is 16.6. The SMILES string of the molecule is CC1(C)c2ccccc2-c2ccc(N(c3ccccc3)c3cc(-c4ccc5c(c4)c4ccccc4n5-c4ccccc4)cc(-n4c5ccccc5c5ccccc54)c3)cc21. The fourth-order valence-corrected chi connectivity index (χ4v) is 10.1. The molecule has 11 aromatic rings. The van der Waals surface area contributed by atoms with E-state index in [9.17, 15) is 0 Å². The number of hydrogen-bond acceptors (Lipinski definition) is 1. The van der Waals surface area contributed by atoms with Crippen LogP contribution in [0.5, 0.6) is 0 Å². The summed E-state index contributed by atoms with van der Waals surface area (Å²) in [5, 5.41) is 4.96. The summed E-state index contributed by atoms with van der Waals surface area (Å²) in [4.78, 5) is 2.44. The minimum Gasteiger partial charge on any atom is -0.310 e. The molecule has 3 heteroatoms. The third-order valence-electron chi connectivity index (χ3n) is 12.9. The van der Waals surface area contributed by atoms with Gasteiger partial charge in [-0.3, -0.25) is 0 Å². The number of rotatable bonds is 6. The Morgan fingerprint density at radius 3 is 1.58 bits per heavy atom. The zero-order chi connectivity index (χ0) is 40.0. The highest BCUT2D eigenvalue weighted by molar-refractivity contribution is 6.11. The van der Waals surface area contributed by atoms with E-state index in [-0.39, 0.29) is 5.41 Å². The van der Waals surface area contributed by atoms with Crippen LogP contribution in [-0.2, 0) is 5.41 Å². The lowest BCUT2D eigenvalue weighted by atomic mass is 9.82. The number of para-hydroxylation sites is 5. The van der Waals surface area contributed by atoms with Crippen LogP contribution in [0.4, 0.5) is 17.1 Å². The van der Waals surface area contributed by atoms with Crippen molar-refractivity contribution in [3.05, 3.63) is 223 Å². The van der Waals surface area contributed by atoms with Gasteiger partial charge in [-0.05, 0) is 118 Å². The van der Waals surface area contributed by atoms with Gasteiger partial charge in [0.15, 0.2) is 0 Å². The van der Waals surface area contributed by atoms with E-state index < -0.39 is 0 Å². The van der Waals surface area contributed by atoms with E-state index in [4.69, 9.17) is 0 Å². The first-order chi connectivity index (χ1) is 29.5. The molecule has 0 saturated heterocycles. The first-order valence-electron chi connectivity index (χ1n) is 20.9. The van der Waals surface area contributed by atoms with Crippen molar-refractivity contribution in [3.63, 3.8) is 0 Å². The Hall–Kier alpha value is -7.62. The fraction of sp³-hybridized carbons (Fsp3) is 0.0526. The minimum atomic E-state index is -0.130. The maximum atomic E-state index is 2.45. The van der Waals surface area contributed by atoms with Crippen molar-refractivity contribution in [1.82, 2.24) is 9.13 Å². The van der Waals surface area contributed by atoms with Crippen LogP contribution >= 0.6 is 0 Å². The van der Waals surface area contributed by atoms with Crippen LogP contribution < -0.4 is 4.90 Å². The van der Waals surface area contributed by atoms with Crippen LogP contribution in [0.3, 0.4) is 0 Å². The highest BCUT2D eigenvalue weighted by atomic mass is 15.1. The highest BCUT2D eigenvalue weighted by Gasteiger charge is 2.36. The molecule has 12 rings (SSSR count). The fourth-order valence-electron chi connectivity index (χ4n) is 10.1. The van der Waals surface area contributed by atoms with E-state index in [0.717, 1.165) is 34.0 Å². The lowest BCUT2D eigenvalue weighted by Crippen LogP contribution is -2.16. The van der Waals surface area contributed by atoms with Crippen molar-refractivity contribution in [2.45, 2.75) is 19.3 Å². The van der Waals surface area contributed by atoms with Gasteiger partial charge in [-0.2, -0.15) is 0 Å². The third kappa shape index (κ3) is 5.15. The Morgan fingerprint density at radius 1 is 0.333 bits per heavy atom. The molecule has 0 spiro atoms. The van der Waals surface area contributed by atoms with Gasteiger partial charge in [0.1, 0.15) is 0 Å². The quantitative estimate of drug-likeness (QED) is 0.164. The van der Waals surface area contributed by atoms with Crippen LogP contribution in [0, 0.1) is 0 Å². The van der Waals surface area contributed by atoms with E-state index in [2.05, 4.69) is 240 Å². The molecule has 1 aliphatic carbocycles. The largest absolute Gasteiger partial charge is 0.310 e. The molecule has 0 saturated carbocycles. The topological polar surface area (TPSA) is 13.1 Å². The van der Waals surface area contributed by atoms with Gasteiger partial charge in [-0.15, -0.1) is 0 Å². The van der Waals surface area contributed by atoms with Crippen LogP contribution in [0.25, 0.3) is 77.2 Å². The normalized spacial score (nSPS) is 13.0. The molecule has 2 heterocycles. The molecule has 0 fully saturated rings. The van der Waals surface area contributed by atoms with E-state index in [1.54, 1.807) is 0 Å². The second kappa shape index (κ2) is 13.2. The number of aromatic nitrogens is 2. The Morgan fingerprint density at radius 2 is 0.883 bits per heavy atom. The Labute approximate surface area is 349 Å². The summed E-state index contributed by atoms with van der Waals surface area (Å²) in [6.45, 7) is 4.72. The molecule has 3 nitrogen and oxygen atoms in total. The molecule has 0 unspecified atom stereocenters. The summed E-state index contributed by atoms with van der Waals surface area (Å²) in [5.41, 5.74) is 17.9. The molecule has 9 aromatic carbocycles. The van der Waals surface area contributed by atoms with Gasteiger partial charge in [0.25, 0.3) is 0 Å². The molecule has 0 atom stereocenters. The zero-order valence-corrected chi connectivity index (χ0v) is 33.5. The van der Waals surface area contributed by atoms with Crippen molar-refractivity contribution in [1.29, 1.82) is 0 Å². The maximum absolute atomic E-state index is 2.45. The van der Waals surface area contributed by atoms with Crippen LogP contribution in [-0.4, -0.2) is 9.13 Å². The predicted octanol–water partition coefficient (Wildman–Crippen LogP) is 15.3. The average Bonchev–Trinajstić information content (AvgIpc) is 3.90. The lowest BCUT2D eigenvalue weighted by Gasteiger charge is -2.29. The molecule has 0 aliphatic heterocycles. The summed E-state index contributed by atoms with van der Waals surface area (Å²) in [5.74, 6) is 0. The molecule has 0 radical (unpaired) electrons. The Kier molecular flexibility index (Phi) is 7.58. The van der Waals surface area contributed by atoms with Crippen molar-refractivity contribution >= 4 is 60.7 Å². The van der Waals surface area contributed by atoms with Gasteiger partial charge in [0.05, 0.1) is 22.1 Å². The van der Waals surface area contributed by atoms with E-state index in [1.807, 2.05) is 0 Å². The predicted molar refractivity (Wildman–Crippen MR) is 253 cm³/mol. The Balaban J connectivity index is 1.13. The first kappa shape index (κ1) is 34.4. The van der Waals surface area contributed by atoms with Crippen molar-refractivity contribution in [3.8, 4) is 33.6 Å². The lowest BCUT2D eigenvalue weighted by molar-refractivity contribution is 0.660. The molecule has 2 aromatic heterocycles. The van der Waals surface area contributed by atoms with Gasteiger partial charge in [0, 0.05) is 55.4 Å². The second-order valence-corrected chi connectivity index (χ2v) is 16.6. The van der Waals surface area contributed by atoms with E-state index in [1.165, 1.54) is 71.4 Å². The van der Waals surface area contributed by atoms with Crippen LogP contribution in [0.15, 0.2) is 212 Å². The first-order valence-corrected chi connectivity index (χ1v) is 20.9. The summed E-state index contributed by atoms with van der Waals surface area (Å²) in [6.07, 6.45) is 0. The van der Waals surface area contributed by atoms with E-state index >= 15 is 0 Å². The zero-order valence-electron chi connectivity index (χ0n) is 33.5. The maximum Gasteiger partial charge on any atom is 0.0541 e. The van der Waals surface area contributed by atoms with Crippen LogP contribution in [0.2, 0.25) is 0 Å². The summed E-state index contributed by atoms with van der Waals surface area (Å²) < 4.78 is 4.84. The molecular weight excluding hydrogens is 727 g/mol. The smallest absolute Gasteiger partial charge is 0.0541 e. The number of hydrogen-bond donors (Lipinski definition) is 0. The number of nitrogens with zero attached hydrogens (tertiary/aromatic N) is 3. The van der Waals surface area contributed by atoms with Gasteiger partial charge >= 0.3 is 0 Å². The van der Waals surface area contributed by atoms with Crippen molar-refractivity contribution in [2.24, 2.45) is 0 Å². The molecular formula is C57H41N3. The number of benzene rings is 9. The number of anilines is 3. The number of fused-ring (bicyclic) bond motifs is 9. The average molecular weight is 768 g/mol. The standard InChI is InChI=1S/C57H41N3/c1-57(2)51-25-13-9-21-45(51)46-31-30-42(37-52(46)57)58(40-17-5-3-6-18-40)43-33-39(34-44(36-43)60-53-26-14-10-22-47(53)48-23-11-15-27-54(48)60)38-29-32-56-50(35-38)49-24-12-16-28-55(49)59(56)41-19-7-4-8-20-41/h3-37H,1-2H3. The molecule has 284 valence electrons. The summed E-state index contributed by atoms with van der Waals surface area (Å²) >= 11 is 0. The van der Waals surface area contributed by atoms with Gasteiger partial charge in [-0.1, -0.05) is 141 Å². The third-order valence-corrected chi connectivity index (χ3v) is 12.9. The van der Waals surface area contributed by atoms with Crippen molar-refractivity contribution in [2.75, 3.05) is 4.90 Å². The minimum absolute atomic E-state index is 0.130. The van der Waals surface area contributed by atoms with Crippen LogP contribution in [0.1, 0.15) is 25.0 Å². The molecule has 0 bridgehead atoms. The van der Waals surface area contributed by atoms with E-state index in [0.29, 0.717) is 0 Å². The highest BCUT2D eigenvalue weighted by Crippen LogP contribution is 2.51. The molecule has 0 N–H and O–H groups in total. The van der Waals surface area contributed by atoms with Gasteiger partial charge < -0.3 is 14.0 Å². The molecule has 60 heavy (non-hydrogen) atoms. The molecule has 1 aliphatic rings. The summed E-state index contributed by atoms with van der Waals surface area (Å²) in [6, 6.07) is 78.0. The van der Waals surface area contributed by atoms with Gasteiger partial charge in [0.2, 0.25) is 0 Å². The Bertz CT molecular complexity index is 3410. The monoisotopic (exact) mass is 767 g/mol. The van der Waals surface area contributed by atoms with Gasteiger partial charge in [-0.25, -0.2) is 0 Å². The summed E-state index contributed by atoms with van der Waals surface area (Å²) in [7, 11) is 0.